The molecule has 0 heterocycles. The zero-order valence-electron chi connectivity index (χ0n) is 17.0. The predicted octanol–water partition coefficient (Wildman–Crippen LogP) is 3.75. The first-order valence-corrected chi connectivity index (χ1v) is 9.79. The molecule has 2 aromatic carbocycles. The Kier molecular flexibility index (Phi) is 8.60. The molecule has 0 aromatic heterocycles. The highest BCUT2D eigenvalue weighted by molar-refractivity contribution is 5.94. The van der Waals surface area contributed by atoms with Gasteiger partial charge >= 0.3 is 12.1 Å². The number of rotatable bonds is 9. The molecule has 6 nitrogen and oxygen atoms in total. The first-order valence-electron chi connectivity index (χ1n) is 9.79. The minimum atomic E-state index is -4.93. The van der Waals surface area contributed by atoms with E-state index >= 15 is 0 Å². The van der Waals surface area contributed by atoms with Crippen molar-refractivity contribution in [1.29, 1.82) is 0 Å². The highest BCUT2D eigenvalue weighted by Crippen LogP contribution is 2.21. The lowest BCUT2D eigenvalue weighted by molar-refractivity contribution is -0.185. The Bertz CT molecular complexity index is 902. The van der Waals surface area contributed by atoms with Gasteiger partial charge in [-0.05, 0) is 43.2 Å². The number of benzene rings is 2. The first-order chi connectivity index (χ1) is 14.7. The van der Waals surface area contributed by atoms with Crippen molar-refractivity contribution in [3.8, 4) is 0 Å². The van der Waals surface area contributed by atoms with Crippen molar-refractivity contribution < 1.29 is 27.6 Å². The number of amides is 3. The van der Waals surface area contributed by atoms with Gasteiger partial charge in [0, 0.05) is 37.3 Å². The van der Waals surface area contributed by atoms with Crippen LogP contribution in [-0.2, 0) is 16.1 Å². The monoisotopic (exact) mass is 435 g/mol. The minimum absolute atomic E-state index is 0.0936. The van der Waals surface area contributed by atoms with Crippen LogP contribution < -0.4 is 10.6 Å². The van der Waals surface area contributed by atoms with E-state index in [1.807, 2.05) is 6.07 Å². The van der Waals surface area contributed by atoms with Crippen LogP contribution in [0.3, 0.4) is 0 Å². The Morgan fingerprint density at radius 3 is 2.35 bits per heavy atom. The smallest absolute Gasteiger partial charge is 0.352 e. The molecule has 2 N–H and O–H groups in total. The molecule has 0 saturated carbocycles. The summed E-state index contributed by atoms with van der Waals surface area (Å²) in [5.74, 6) is -2.41. The highest BCUT2D eigenvalue weighted by Gasteiger charge is 2.41. The van der Waals surface area contributed by atoms with Crippen LogP contribution in [0.2, 0.25) is 0 Å². The van der Waals surface area contributed by atoms with E-state index in [1.54, 1.807) is 42.5 Å². The van der Waals surface area contributed by atoms with Crippen LogP contribution in [0, 0.1) is 0 Å². The molecule has 2 aromatic rings. The molecular weight excluding hydrogens is 411 g/mol. The number of alkyl halides is 3. The fourth-order valence-electron chi connectivity index (χ4n) is 2.84. The first kappa shape index (κ1) is 23.9. The van der Waals surface area contributed by atoms with Gasteiger partial charge in [-0.2, -0.15) is 13.2 Å². The number of nitrogens with zero attached hydrogens (tertiary/aromatic N) is 1. The third kappa shape index (κ3) is 7.76. The van der Waals surface area contributed by atoms with E-state index in [4.69, 9.17) is 0 Å². The standard InChI is InChI=1S/C22H24F3N3O3/c1-2-28(21(31)22(23,24)25)15-16-8-6-11-18(14-16)27-19(29)12-7-13-26-20(30)17-9-4-3-5-10-17/h3-6,8-11,14H,2,7,12-13,15H2,1H3,(H,26,30)(H,27,29). The van der Waals surface area contributed by atoms with Gasteiger partial charge in [0.05, 0.1) is 0 Å². The van der Waals surface area contributed by atoms with Crippen LogP contribution in [-0.4, -0.2) is 41.9 Å². The van der Waals surface area contributed by atoms with Crippen LogP contribution in [0.5, 0.6) is 0 Å². The molecule has 0 bridgehead atoms. The Morgan fingerprint density at radius 2 is 1.71 bits per heavy atom. The largest absolute Gasteiger partial charge is 0.471 e. The lowest BCUT2D eigenvalue weighted by Crippen LogP contribution is -2.40. The number of hydrogen-bond donors (Lipinski definition) is 2. The summed E-state index contributed by atoms with van der Waals surface area (Å²) in [6.07, 6.45) is -4.35. The highest BCUT2D eigenvalue weighted by atomic mass is 19.4. The number of anilines is 1. The van der Waals surface area contributed by atoms with Gasteiger partial charge in [0.1, 0.15) is 0 Å². The zero-order valence-corrected chi connectivity index (χ0v) is 17.0. The average molecular weight is 435 g/mol. The van der Waals surface area contributed by atoms with Crippen molar-refractivity contribution in [2.75, 3.05) is 18.4 Å². The lowest BCUT2D eigenvalue weighted by atomic mass is 10.1. The Balaban J connectivity index is 1.81. The summed E-state index contributed by atoms with van der Waals surface area (Å²) >= 11 is 0. The number of halogens is 3. The molecule has 0 unspecified atom stereocenters. The summed E-state index contributed by atoms with van der Waals surface area (Å²) in [5.41, 5.74) is 1.42. The number of carbonyl (C=O) groups excluding carboxylic acids is 3. The predicted molar refractivity (Wildman–Crippen MR) is 110 cm³/mol. The quantitative estimate of drug-likeness (QED) is 0.589. The molecule has 0 aliphatic rings. The molecule has 2 rings (SSSR count). The second kappa shape index (κ2) is 11.1. The Labute approximate surface area is 178 Å². The molecule has 0 spiro atoms. The molecular formula is C22H24F3N3O3. The number of carbonyl (C=O) groups is 3. The molecule has 0 aliphatic carbocycles. The van der Waals surface area contributed by atoms with Crippen LogP contribution in [0.25, 0.3) is 0 Å². The summed E-state index contributed by atoms with van der Waals surface area (Å²) in [6, 6.07) is 15.0. The van der Waals surface area contributed by atoms with Crippen molar-refractivity contribution in [3.05, 3.63) is 65.7 Å². The maximum Gasteiger partial charge on any atom is 0.471 e. The molecule has 0 aliphatic heterocycles. The Morgan fingerprint density at radius 1 is 1.00 bits per heavy atom. The molecule has 0 radical (unpaired) electrons. The SMILES string of the molecule is CCN(Cc1cccc(NC(=O)CCCNC(=O)c2ccccc2)c1)C(=O)C(F)(F)F. The van der Waals surface area contributed by atoms with Gasteiger partial charge in [0.25, 0.3) is 5.91 Å². The van der Waals surface area contributed by atoms with Crippen molar-refractivity contribution in [3.63, 3.8) is 0 Å². The van der Waals surface area contributed by atoms with Crippen LogP contribution in [0.4, 0.5) is 18.9 Å². The number of hydrogen-bond acceptors (Lipinski definition) is 3. The molecule has 3 amide bonds. The van der Waals surface area contributed by atoms with Crippen molar-refractivity contribution in [1.82, 2.24) is 10.2 Å². The second-order valence-corrected chi connectivity index (χ2v) is 6.79. The van der Waals surface area contributed by atoms with Gasteiger partial charge in [0.15, 0.2) is 0 Å². The third-order valence-corrected chi connectivity index (χ3v) is 4.40. The van der Waals surface area contributed by atoms with Crippen molar-refractivity contribution in [2.24, 2.45) is 0 Å². The summed E-state index contributed by atoms with van der Waals surface area (Å²) in [6.45, 7) is 1.48. The van der Waals surface area contributed by atoms with E-state index in [2.05, 4.69) is 10.6 Å². The Hall–Kier alpha value is -3.36. The minimum Gasteiger partial charge on any atom is -0.352 e. The van der Waals surface area contributed by atoms with Gasteiger partial charge in [-0.3, -0.25) is 14.4 Å². The molecule has 166 valence electrons. The van der Waals surface area contributed by atoms with E-state index in [9.17, 15) is 27.6 Å². The third-order valence-electron chi connectivity index (χ3n) is 4.40. The van der Waals surface area contributed by atoms with E-state index in [0.29, 0.717) is 34.7 Å². The van der Waals surface area contributed by atoms with E-state index in [1.165, 1.54) is 13.0 Å². The summed E-state index contributed by atoms with van der Waals surface area (Å²) in [4.78, 5) is 36.2. The van der Waals surface area contributed by atoms with Gasteiger partial charge in [0.2, 0.25) is 5.91 Å². The second-order valence-electron chi connectivity index (χ2n) is 6.79. The lowest BCUT2D eigenvalue weighted by Gasteiger charge is -2.22. The van der Waals surface area contributed by atoms with Gasteiger partial charge in [-0.15, -0.1) is 0 Å². The molecule has 0 saturated heterocycles. The maximum atomic E-state index is 12.7. The molecule has 9 heteroatoms. The normalized spacial score (nSPS) is 11.0. The molecule has 31 heavy (non-hydrogen) atoms. The number of nitrogens with one attached hydrogen (secondary N) is 2. The topological polar surface area (TPSA) is 78.5 Å². The molecule has 0 atom stereocenters. The average Bonchev–Trinajstić information content (AvgIpc) is 2.74. The van der Waals surface area contributed by atoms with Crippen molar-refractivity contribution in [2.45, 2.75) is 32.5 Å². The molecule has 0 fully saturated rings. The zero-order chi connectivity index (χ0) is 22.9. The van der Waals surface area contributed by atoms with Crippen LogP contribution >= 0.6 is 0 Å². The maximum absolute atomic E-state index is 12.7. The van der Waals surface area contributed by atoms with Crippen LogP contribution in [0.1, 0.15) is 35.7 Å². The van der Waals surface area contributed by atoms with Gasteiger partial charge < -0.3 is 15.5 Å². The fourth-order valence-corrected chi connectivity index (χ4v) is 2.84. The fraction of sp³-hybridized carbons (Fsp3) is 0.318. The summed E-state index contributed by atoms with van der Waals surface area (Å²) < 4.78 is 38.0. The van der Waals surface area contributed by atoms with Gasteiger partial charge in [-0.1, -0.05) is 30.3 Å². The van der Waals surface area contributed by atoms with E-state index < -0.39 is 12.1 Å². The van der Waals surface area contributed by atoms with E-state index in [-0.39, 0.29) is 31.3 Å². The van der Waals surface area contributed by atoms with E-state index in [0.717, 1.165) is 0 Å². The van der Waals surface area contributed by atoms with Gasteiger partial charge in [-0.25, -0.2) is 0 Å². The summed E-state index contributed by atoms with van der Waals surface area (Å²) in [7, 11) is 0. The summed E-state index contributed by atoms with van der Waals surface area (Å²) in [5, 5.41) is 5.41. The van der Waals surface area contributed by atoms with Crippen LogP contribution in [0.15, 0.2) is 54.6 Å². The van der Waals surface area contributed by atoms with Crippen molar-refractivity contribution >= 4 is 23.4 Å².